The fraction of sp³-hybridized carbons (Fsp3) is 0.211. The van der Waals surface area contributed by atoms with E-state index in [0.717, 1.165) is 5.56 Å². The molecule has 0 atom stereocenters. The Labute approximate surface area is 150 Å². The van der Waals surface area contributed by atoms with Gasteiger partial charge in [0, 0.05) is 18.3 Å². The molecule has 0 fully saturated rings. The quantitative estimate of drug-likeness (QED) is 0.883. The van der Waals surface area contributed by atoms with Gasteiger partial charge in [-0.05, 0) is 48.9 Å². The van der Waals surface area contributed by atoms with Crippen molar-refractivity contribution < 1.29 is 19.1 Å². The summed E-state index contributed by atoms with van der Waals surface area (Å²) in [5, 5.41) is 5.40. The van der Waals surface area contributed by atoms with Crippen LogP contribution < -0.4 is 20.3 Å². The third-order valence-electron chi connectivity index (χ3n) is 3.85. The minimum atomic E-state index is -0.319. The van der Waals surface area contributed by atoms with Gasteiger partial charge in [0.1, 0.15) is 12.3 Å². The number of hydrogen-bond donors (Lipinski definition) is 2. The van der Waals surface area contributed by atoms with E-state index in [2.05, 4.69) is 10.6 Å². The van der Waals surface area contributed by atoms with E-state index in [1.165, 1.54) is 11.8 Å². The largest absolute Gasteiger partial charge is 0.482 e. The Morgan fingerprint density at radius 3 is 2.38 bits per heavy atom. The fourth-order valence-corrected chi connectivity index (χ4v) is 2.67. The number of nitrogens with one attached hydrogen (secondary N) is 2. The van der Waals surface area contributed by atoms with Crippen molar-refractivity contribution in [2.75, 3.05) is 28.7 Å². The molecule has 0 aromatic heterocycles. The van der Waals surface area contributed by atoms with Crippen LogP contribution >= 0.6 is 0 Å². The molecule has 134 valence electrons. The van der Waals surface area contributed by atoms with Crippen LogP contribution in [0.25, 0.3) is 0 Å². The molecule has 0 saturated heterocycles. The van der Waals surface area contributed by atoms with E-state index in [4.69, 9.17) is 4.74 Å². The molecule has 1 aliphatic rings. The lowest BCUT2D eigenvalue weighted by molar-refractivity contribution is -0.123. The summed E-state index contributed by atoms with van der Waals surface area (Å²) in [5.74, 6) is -0.163. The van der Waals surface area contributed by atoms with Gasteiger partial charge in [0.15, 0.2) is 6.61 Å². The summed E-state index contributed by atoms with van der Waals surface area (Å²) in [5.41, 5.74) is 2.79. The molecule has 3 rings (SSSR count). The summed E-state index contributed by atoms with van der Waals surface area (Å²) in [6.45, 7) is 3.14. The molecule has 0 bridgehead atoms. The standard InChI is InChI=1S/C19H19N3O4/c1-12-3-8-17-16(9-12)22(19(25)11-26-17)10-18(24)21-15-6-4-14(5-7-15)20-13(2)23/h3-9H,10-11H2,1-2H3,(H,20,23)(H,21,24). The molecule has 7 heteroatoms. The van der Waals surface area contributed by atoms with Crippen molar-refractivity contribution in [2.24, 2.45) is 0 Å². The van der Waals surface area contributed by atoms with Crippen molar-refractivity contribution in [3.8, 4) is 5.75 Å². The average molecular weight is 353 g/mol. The van der Waals surface area contributed by atoms with Crippen LogP contribution in [0.3, 0.4) is 0 Å². The molecule has 0 spiro atoms. The van der Waals surface area contributed by atoms with Crippen LogP contribution in [-0.2, 0) is 14.4 Å². The fourth-order valence-electron chi connectivity index (χ4n) is 2.67. The van der Waals surface area contributed by atoms with Gasteiger partial charge in [-0.15, -0.1) is 0 Å². The molecule has 1 aliphatic heterocycles. The molecule has 2 aromatic carbocycles. The third kappa shape index (κ3) is 4.00. The van der Waals surface area contributed by atoms with Crippen LogP contribution in [0.1, 0.15) is 12.5 Å². The Balaban J connectivity index is 1.69. The number of fused-ring (bicyclic) bond motifs is 1. The summed E-state index contributed by atoms with van der Waals surface area (Å²) in [6, 6.07) is 12.3. The first kappa shape index (κ1) is 17.5. The summed E-state index contributed by atoms with van der Waals surface area (Å²) < 4.78 is 5.41. The molecule has 2 aromatic rings. The molecule has 26 heavy (non-hydrogen) atoms. The second kappa shape index (κ2) is 7.26. The predicted molar refractivity (Wildman–Crippen MR) is 98.4 cm³/mol. The maximum atomic E-state index is 12.4. The highest BCUT2D eigenvalue weighted by Crippen LogP contribution is 2.32. The van der Waals surface area contributed by atoms with Gasteiger partial charge in [-0.3, -0.25) is 19.3 Å². The van der Waals surface area contributed by atoms with Crippen molar-refractivity contribution in [1.29, 1.82) is 0 Å². The molecule has 0 aliphatic carbocycles. The van der Waals surface area contributed by atoms with Crippen LogP contribution in [0.15, 0.2) is 42.5 Å². The highest BCUT2D eigenvalue weighted by molar-refractivity contribution is 6.05. The monoisotopic (exact) mass is 353 g/mol. The number of anilines is 3. The number of carbonyl (C=O) groups excluding carboxylic acids is 3. The van der Waals surface area contributed by atoms with Gasteiger partial charge in [-0.25, -0.2) is 0 Å². The molecular weight excluding hydrogens is 334 g/mol. The number of aryl methyl sites for hydroxylation is 1. The van der Waals surface area contributed by atoms with Crippen LogP contribution in [0.4, 0.5) is 17.1 Å². The van der Waals surface area contributed by atoms with Crippen LogP contribution in [0.2, 0.25) is 0 Å². The predicted octanol–water partition coefficient (Wildman–Crippen LogP) is 2.32. The normalized spacial score (nSPS) is 12.8. The average Bonchev–Trinajstić information content (AvgIpc) is 2.59. The van der Waals surface area contributed by atoms with Crippen LogP contribution in [0.5, 0.6) is 5.75 Å². The second-order valence-corrected chi connectivity index (χ2v) is 6.05. The van der Waals surface area contributed by atoms with Gasteiger partial charge in [-0.1, -0.05) is 6.07 Å². The molecule has 7 nitrogen and oxygen atoms in total. The van der Waals surface area contributed by atoms with Crippen molar-refractivity contribution in [3.05, 3.63) is 48.0 Å². The lowest BCUT2D eigenvalue weighted by Crippen LogP contribution is -2.43. The van der Waals surface area contributed by atoms with Gasteiger partial charge >= 0.3 is 0 Å². The summed E-state index contributed by atoms with van der Waals surface area (Å²) in [4.78, 5) is 37.0. The minimum Gasteiger partial charge on any atom is -0.482 e. The number of rotatable bonds is 4. The Morgan fingerprint density at radius 2 is 1.73 bits per heavy atom. The van der Waals surface area contributed by atoms with E-state index >= 15 is 0 Å². The van der Waals surface area contributed by atoms with Gasteiger partial charge in [0.25, 0.3) is 5.91 Å². The summed E-state index contributed by atoms with van der Waals surface area (Å²) in [6.07, 6.45) is 0. The maximum absolute atomic E-state index is 12.4. The second-order valence-electron chi connectivity index (χ2n) is 6.05. The zero-order valence-electron chi connectivity index (χ0n) is 14.5. The summed E-state index contributed by atoms with van der Waals surface area (Å²) in [7, 11) is 0. The van der Waals surface area contributed by atoms with E-state index < -0.39 is 0 Å². The molecule has 0 saturated carbocycles. The molecule has 2 N–H and O–H groups in total. The van der Waals surface area contributed by atoms with Crippen molar-refractivity contribution >= 4 is 34.8 Å². The Morgan fingerprint density at radius 1 is 1.08 bits per heavy atom. The van der Waals surface area contributed by atoms with Crippen LogP contribution in [0, 0.1) is 6.92 Å². The minimum absolute atomic E-state index is 0.0885. The number of nitrogens with zero attached hydrogens (tertiary/aromatic N) is 1. The Kier molecular flexibility index (Phi) is 4.88. The lowest BCUT2D eigenvalue weighted by atomic mass is 10.1. The number of benzene rings is 2. The number of ether oxygens (including phenoxy) is 1. The zero-order valence-corrected chi connectivity index (χ0v) is 14.5. The molecule has 0 radical (unpaired) electrons. The van der Waals surface area contributed by atoms with E-state index in [-0.39, 0.29) is 30.9 Å². The van der Waals surface area contributed by atoms with Gasteiger partial charge in [0.05, 0.1) is 5.69 Å². The van der Waals surface area contributed by atoms with E-state index in [9.17, 15) is 14.4 Å². The highest BCUT2D eigenvalue weighted by Gasteiger charge is 2.27. The smallest absolute Gasteiger partial charge is 0.265 e. The molecule has 1 heterocycles. The van der Waals surface area contributed by atoms with E-state index in [0.29, 0.717) is 22.8 Å². The Hall–Kier alpha value is -3.35. The van der Waals surface area contributed by atoms with Gasteiger partial charge in [-0.2, -0.15) is 0 Å². The molecular formula is C19H19N3O4. The Bertz CT molecular complexity index is 862. The maximum Gasteiger partial charge on any atom is 0.265 e. The number of hydrogen-bond acceptors (Lipinski definition) is 4. The van der Waals surface area contributed by atoms with Crippen molar-refractivity contribution in [2.45, 2.75) is 13.8 Å². The first-order valence-corrected chi connectivity index (χ1v) is 8.14. The van der Waals surface area contributed by atoms with Gasteiger partial charge in [0.2, 0.25) is 11.8 Å². The highest BCUT2D eigenvalue weighted by atomic mass is 16.5. The number of carbonyl (C=O) groups is 3. The zero-order chi connectivity index (χ0) is 18.7. The first-order valence-electron chi connectivity index (χ1n) is 8.14. The van der Waals surface area contributed by atoms with Crippen molar-refractivity contribution in [1.82, 2.24) is 0 Å². The first-order chi connectivity index (χ1) is 12.4. The topological polar surface area (TPSA) is 87.7 Å². The van der Waals surface area contributed by atoms with E-state index in [1.54, 1.807) is 30.3 Å². The SMILES string of the molecule is CC(=O)Nc1ccc(NC(=O)CN2C(=O)COc3ccc(C)cc32)cc1. The molecule has 0 unspecified atom stereocenters. The third-order valence-corrected chi connectivity index (χ3v) is 3.85. The lowest BCUT2D eigenvalue weighted by Gasteiger charge is -2.29. The number of amides is 3. The molecule has 3 amide bonds. The van der Waals surface area contributed by atoms with Crippen LogP contribution in [-0.4, -0.2) is 30.9 Å². The van der Waals surface area contributed by atoms with Crippen molar-refractivity contribution in [3.63, 3.8) is 0 Å². The summed E-state index contributed by atoms with van der Waals surface area (Å²) >= 11 is 0. The van der Waals surface area contributed by atoms with Gasteiger partial charge < -0.3 is 15.4 Å². The van der Waals surface area contributed by atoms with E-state index in [1.807, 2.05) is 19.1 Å².